The first kappa shape index (κ1) is 22.3. The molecule has 3 atom stereocenters. The van der Waals surface area contributed by atoms with Gasteiger partial charge < -0.3 is 20.1 Å². The molecule has 0 radical (unpaired) electrons. The average molecular weight is 478 g/mol. The molecule has 2 fully saturated rings. The standard InChI is InChI=1S/C22H21F3N4O5/c1-2-27-21-16-4-3-11(34-16)8-29(21)28-9-13(18(30)19(31)17(28)22(27)33)20(32)26-7-12-14(24)5-10(23)6-15(12)25/h5-6,9,11,16,21,31H,2-4,7-8H2,1H3,(H,26,32)/t11-,16+,21-/m0/s1. The van der Waals surface area contributed by atoms with Crippen molar-refractivity contribution in [3.8, 4) is 5.75 Å². The lowest BCUT2D eigenvalue weighted by atomic mass is 10.1. The van der Waals surface area contributed by atoms with Gasteiger partial charge in [0.05, 0.1) is 18.8 Å². The lowest BCUT2D eigenvalue weighted by Crippen LogP contribution is -2.68. The molecule has 1 aromatic heterocycles. The summed E-state index contributed by atoms with van der Waals surface area (Å²) in [6, 6.07) is 0.949. The lowest BCUT2D eigenvalue weighted by Gasteiger charge is -2.51. The largest absolute Gasteiger partial charge is 0.502 e. The first-order valence-corrected chi connectivity index (χ1v) is 10.8. The third-order valence-electron chi connectivity index (χ3n) is 6.51. The number of amides is 2. The number of fused-ring (bicyclic) bond motifs is 6. The van der Waals surface area contributed by atoms with Crippen LogP contribution in [0.2, 0.25) is 0 Å². The summed E-state index contributed by atoms with van der Waals surface area (Å²) in [5, 5.41) is 14.6. The smallest absolute Gasteiger partial charge is 0.278 e. The zero-order valence-corrected chi connectivity index (χ0v) is 18.1. The van der Waals surface area contributed by atoms with Gasteiger partial charge in [0, 0.05) is 37.0 Å². The molecule has 3 aliphatic rings. The van der Waals surface area contributed by atoms with Crippen molar-refractivity contribution in [2.75, 3.05) is 18.1 Å². The summed E-state index contributed by atoms with van der Waals surface area (Å²) in [5.74, 6) is -5.98. The number of likely N-dealkylation sites (N-methyl/N-ethyl adjacent to an activating group) is 1. The SMILES string of the molecule is CCN1C(=O)c2c(O)c(=O)c(C(=O)NCc3c(F)cc(F)cc3F)cn2N2C[C@@H]3CC[C@@H](O3)[C@@H]12. The number of carbonyl (C=O) groups excluding carboxylic acids is 2. The molecule has 2 amide bonds. The van der Waals surface area contributed by atoms with Gasteiger partial charge in [-0.2, -0.15) is 0 Å². The van der Waals surface area contributed by atoms with Crippen molar-refractivity contribution in [1.82, 2.24) is 14.9 Å². The number of hydrogen-bond donors (Lipinski definition) is 2. The van der Waals surface area contributed by atoms with Crippen LogP contribution in [0.5, 0.6) is 5.75 Å². The molecule has 34 heavy (non-hydrogen) atoms. The number of aromatic hydroxyl groups is 1. The number of aromatic nitrogens is 1. The van der Waals surface area contributed by atoms with E-state index in [2.05, 4.69) is 5.32 Å². The maximum Gasteiger partial charge on any atom is 0.278 e. The van der Waals surface area contributed by atoms with E-state index in [1.165, 1.54) is 9.58 Å². The Labute approximate surface area is 191 Å². The molecular formula is C22H21F3N4O5. The molecule has 4 heterocycles. The molecule has 2 aromatic rings. The fraction of sp³-hybridized carbons (Fsp3) is 0.409. The van der Waals surface area contributed by atoms with Crippen LogP contribution >= 0.6 is 0 Å². The van der Waals surface area contributed by atoms with Crippen molar-refractivity contribution < 1.29 is 32.6 Å². The summed E-state index contributed by atoms with van der Waals surface area (Å²) in [6.45, 7) is 1.80. The third-order valence-corrected chi connectivity index (χ3v) is 6.51. The Balaban J connectivity index is 1.52. The number of nitrogens with one attached hydrogen (secondary N) is 1. The van der Waals surface area contributed by atoms with E-state index in [0.717, 1.165) is 19.0 Å². The fourth-order valence-corrected chi connectivity index (χ4v) is 4.92. The van der Waals surface area contributed by atoms with E-state index in [4.69, 9.17) is 4.74 Å². The molecular weight excluding hydrogens is 457 g/mol. The summed E-state index contributed by atoms with van der Waals surface area (Å²) in [6.07, 6.45) is 1.81. The third kappa shape index (κ3) is 3.31. The summed E-state index contributed by atoms with van der Waals surface area (Å²) >= 11 is 0. The first-order chi connectivity index (χ1) is 16.2. The van der Waals surface area contributed by atoms with Gasteiger partial charge in [-0.25, -0.2) is 13.2 Å². The Morgan fingerprint density at radius 2 is 1.91 bits per heavy atom. The molecule has 0 spiro atoms. The van der Waals surface area contributed by atoms with Crippen LogP contribution in [0.25, 0.3) is 0 Å². The fourth-order valence-electron chi connectivity index (χ4n) is 4.92. The Bertz CT molecular complexity index is 1240. The molecule has 3 aliphatic heterocycles. The highest BCUT2D eigenvalue weighted by atomic mass is 19.1. The van der Waals surface area contributed by atoms with E-state index >= 15 is 0 Å². The van der Waals surface area contributed by atoms with Gasteiger partial charge in [-0.1, -0.05) is 0 Å². The van der Waals surface area contributed by atoms with Crippen molar-refractivity contribution >= 4 is 11.8 Å². The van der Waals surface area contributed by atoms with Gasteiger partial charge in [-0.15, -0.1) is 0 Å². The van der Waals surface area contributed by atoms with Gasteiger partial charge in [0.1, 0.15) is 29.2 Å². The second kappa shape index (κ2) is 8.05. The lowest BCUT2D eigenvalue weighted by molar-refractivity contribution is -0.0524. The quantitative estimate of drug-likeness (QED) is 0.685. The van der Waals surface area contributed by atoms with E-state index in [9.17, 15) is 32.7 Å². The second-order valence-electron chi connectivity index (χ2n) is 8.45. The van der Waals surface area contributed by atoms with Crippen LogP contribution in [0, 0.1) is 17.5 Å². The molecule has 2 bridgehead atoms. The number of nitrogens with zero attached hydrogens (tertiary/aromatic N) is 3. The number of hydrogen-bond acceptors (Lipinski definition) is 6. The minimum Gasteiger partial charge on any atom is -0.502 e. The predicted molar refractivity (Wildman–Crippen MR) is 111 cm³/mol. The maximum atomic E-state index is 13.9. The van der Waals surface area contributed by atoms with Crippen LogP contribution in [-0.4, -0.2) is 58.0 Å². The van der Waals surface area contributed by atoms with Gasteiger partial charge in [-0.3, -0.25) is 24.1 Å². The summed E-state index contributed by atoms with van der Waals surface area (Å²) in [5.41, 5.74) is -2.46. The van der Waals surface area contributed by atoms with Crippen LogP contribution in [0.15, 0.2) is 23.1 Å². The Morgan fingerprint density at radius 1 is 1.21 bits per heavy atom. The molecule has 2 N–H and O–H groups in total. The normalized spacial score (nSPS) is 23.1. The number of rotatable bonds is 4. The number of carbonyl (C=O) groups is 2. The van der Waals surface area contributed by atoms with Crippen molar-refractivity contribution in [2.45, 2.75) is 44.7 Å². The first-order valence-electron chi connectivity index (χ1n) is 10.8. The van der Waals surface area contributed by atoms with Crippen molar-refractivity contribution in [2.24, 2.45) is 0 Å². The highest BCUT2D eigenvalue weighted by molar-refractivity contribution is 5.99. The number of ether oxygens (including phenoxy) is 1. The topological polar surface area (TPSA) is 104 Å². The van der Waals surface area contributed by atoms with Gasteiger partial charge in [0.25, 0.3) is 11.8 Å². The van der Waals surface area contributed by atoms with E-state index < -0.39 is 64.3 Å². The molecule has 0 aliphatic carbocycles. The zero-order valence-electron chi connectivity index (χ0n) is 18.1. The summed E-state index contributed by atoms with van der Waals surface area (Å²) in [4.78, 5) is 40.2. The van der Waals surface area contributed by atoms with Crippen LogP contribution < -0.4 is 15.8 Å². The second-order valence-corrected chi connectivity index (χ2v) is 8.45. The van der Waals surface area contributed by atoms with Crippen LogP contribution in [-0.2, 0) is 11.3 Å². The van der Waals surface area contributed by atoms with E-state index in [1.54, 1.807) is 11.9 Å². The Kier molecular flexibility index (Phi) is 5.27. The van der Waals surface area contributed by atoms with Crippen LogP contribution in [0.4, 0.5) is 13.2 Å². The maximum absolute atomic E-state index is 13.9. The van der Waals surface area contributed by atoms with Crippen LogP contribution in [0.1, 0.15) is 46.2 Å². The van der Waals surface area contributed by atoms with Crippen LogP contribution in [0.3, 0.4) is 0 Å². The average Bonchev–Trinajstić information content (AvgIpc) is 3.17. The number of morpholine rings is 1. The van der Waals surface area contributed by atoms with Crippen molar-refractivity contribution in [1.29, 1.82) is 0 Å². The minimum absolute atomic E-state index is 0.107. The van der Waals surface area contributed by atoms with E-state index in [-0.39, 0.29) is 17.9 Å². The monoisotopic (exact) mass is 478 g/mol. The molecule has 1 aromatic carbocycles. The minimum atomic E-state index is -1.19. The van der Waals surface area contributed by atoms with E-state index in [1.807, 2.05) is 0 Å². The molecule has 5 rings (SSSR count). The molecule has 2 saturated heterocycles. The molecule has 0 unspecified atom stereocenters. The zero-order chi connectivity index (χ0) is 24.3. The molecule has 12 heteroatoms. The molecule has 0 saturated carbocycles. The van der Waals surface area contributed by atoms with Gasteiger partial charge in [0.2, 0.25) is 5.43 Å². The van der Waals surface area contributed by atoms with Gasteiger partial charge >= 0.3 is 0 Å². The van der Waals surface area contributed by atoms with Gasteiger partial charge in [-0.05, 0) is 19.8 Å². The Hall–Kier alpha value is -3.54. The molecule has 180 valence electrons. The number of benzene rings is 1. The Morgan fingerprint density at radius 3 is 2.59 bits per heavy atom. The van der Waals surface area contributed by atoms with Crippen molar-refractivity contribution in [3.63, 3.8) is 0 Å². The number of pyridine rings is 1. The highest BCUT2D eigenvalue weighted by Crippen LogP contribution is 2.36. The summed E-state index contributed by atoms with van der Waals surface area (Å²) in [7, 11) is 0. The van der Waals surface area contributed by atoms with E-state index in [0.29, 0.717) is 25.2 Å². The van der Waals surface area contributed by atoms with Crippen molar-refractivity contribution in [3.05, 3.63) is 62.8 Å². The number of halogens is 3. The summed E-state index contributed by atoms with van der Waals surface area (Å²) < 4.78 is 48.2. The highest BCUT2D eigenvalue weighted by Gasteiger charge is 2.50. The molecule has 9 nitrogen and oxygen atoms in total. The predicted octanol–water partition coefficient (Wildman–Crippen LogP) is 1.20. The van der Waals surface area contributed by atoms with Gasteiger partial charge in [0.15, 0.2) is 11.4 Å².